The molecule has 1 aromatic carbocycles. The predicted molar refractivity (Wildman–Crippen MR) is 82.6 cm³/mol. The second-order valence-corrected chi connectivity index (χ2v) is 5.97. The summed E-state index contributed by atoms with van der Waals surface area (Å²) in [5, 5.41) is 0.599. The highest BCUT2D eigenvalue weighted by atomic mass is 35.5. The van der Waals surface area contributed by atoms with E-state index in [-0.39, 0.29) is 0 Å². The summed E-state index contributed by atoms with van der Waals surface area (Å²) in [7, 11) is 0. The normalized spacial score (nSPS) is 20.1. The molecule has 20 heavy (non-hydrogen) atoms. The van der Waals surface area contributed by atoms with Crippen LogP contribution in [0.15, 0.2) is 29.3 Å². The van der Waals surface area contributed by atoms with Gasteiger partial charge in [-0.15, -0.1) is 0 Å². The van der Waals surface area contributed by atoms with E-state index >= 15 is 0 Å². The highest BCUT2D eigenvalue weighted by Gasteiger charge is 2.23. The molecule has 1 saturated carbocycles. The van der Waals surface area contributed by atoms with Gasteiger partial charge in [-0.2, -0.15) is 0 Å². The summed E-state index contributed by atoms with van der Waals surface area (Å²) in [5.41, 5.74) is 5.00. The van der Waals surface area contributed by atoms with Crippen LogP contribution in [0.1, 0.15) is 29.5 Å². The van der Waals surface area contributed by atoms with Crippen LogP contribution in [0.3, 0.4) is 0 Å². The van der Waals surface area contributed by atoms with E-state index < -0.39 is 0 Å². The maximum absolute atomic E-state index is 6.05. The Kier molecular flexibility index (Phi) is 2.82. The van der Waals surface area contributed by atoms with Crippen molar-refractivity contribution in [3.8, 4) is 11.8 Å². The molecule has 1 aliphatic carbocycles. The van der Waals surface area contributed by atoms with Crippen LogP contribution < -0.4 is 0 Å². The Labute approximate surface area is 124 Å². The van der Waals surface area contributed by atoms with Crippen LogP contribution in [0.4, 0.5) is 0 Å². The van der Waals surface area contributed by atoms with Crippen LogP contribution in [0.5, 0.6) is 0 Å². The van der Waals surface area contributed by atoms with E-state index in [2.05, 4.69) is 39.9 Å². The molecule has 0 unspecified atom stereocenters. The van der Waals surface area contributed by atoms with Crippen molar-refractivity contribution < 1.29 is 0 Å². The first-order valence-corrected chi connectivity index (χ1v) is 7.49. The lowest BCUT2D eigenvalue weighted by molar-refractivity contribution is 0.400. The largest absolute Gasteiger partial charge is 0.351 e. The summed E-state index contributed by atoms with van der Waals surface area (Å²) in [6.07, 6.45) is 5.58. The number of hydrogen-bond donors (Lipinski definition) is 0. The van der Waals surface area contributed by atoms with Crippen molar-refractivity contribution in [3.05, 3.63) is 41.0 Å². The first-order valence-electron chi connectivity index (χ1n) is 7.11. The predicted octanol–water partition coefficient (Wildman–Crippen LogP) is 3.26. The molecule has 3 heteroatoms. The van der Waals surface area contributed by atoms with Crippen LogP contribution in [-0.2, 0) is 6.42 Å². The molecule has 0 aromatic heterocycles. The Balaban J connectivity index is 1.71. The number of halogens is 1. The molecule has 100 valence electrons. The van der Waals surface area contributed by atoms with Gasteiger partial charge in [0.2, 0.25) is 0 Å². The fourth-order valence-corrected chi connectivity index (χ4v) is 2.87. The average molecular weight is 283 g/mol. The van der Waals surface area contributed by atoms with Gasteiger partial charge >= 0.3 is 0 Å². The van der Waals surface area contributed by atoms with Crippen LogP contribution >= 0.6 is 11.6 Å². The molecule has 4 rings (SSSR count). The molecular weight excluding hydrogens is 268 g/mol. The first kappa shape index (κ1) is 12.1. The third-order valence-electron chi connectivity index (χ3n) is 4.02. The Morgan fingerprint density at radius 2 is 2.20 bits per heavy atom. The zero-order valence-corrected chi connectivity index (χ0v) is 12.0. The lowest BCUT2D eigenvalue weighted by atomic mass is 9.94. The lowest BCUT2D eigenvalue weighted by Crippen LogP contribution is -2.32. The minimum Gasteiger partial charge on any atom is -0.351 e. The Morgan fingerprint density at radius 3 is 3.05 bits per heavy atom. The molecule has 3 aliphatic rings. The summed E-state index contributed by atoms with van der Waals surface area (Å²) in [6, 6.07) is 6.54. The molecular formula is C17H15ClN2. The SMILES string of the molecule is ClC1=NCN2CCc3cc(C#CC4CC4)ccc3C2=C1. The molecule has 0 spiro atoms. The molecule has 0 N–H and O–H groups in total. The third-order valence-corrected chi connectivity index (χ3v) is 4.25. The molecule has 0 bridgehead atoms. The molecule has 2 aliphatic heterocycles. The smallest absolute Gasteiger partial charge is 0.127 e. The van der Waals surface area contributed by atoms with Crippen molar-refractivity contribution in [1.29, 1.82) is 0 Å². The second-order valence-electron chi connectivity index (χ2n) is 5.58. The van der Waals surface area contributed by atoms with E-state index in [4.69, 9.17) is 11.6 Å². The number of nitrogens with zero attached hydrogens (tertiary/aromatic N) is 2. The minimum absolute atomic E-state index is 0.599. The van der Waals surface area contributed by atoms with Gasteiger partial charge in [0.15, 0.2) is 0 Å². The summed E-state index contributed by atoms with van der Waals surface area (Å²) < 4.78 is 0. The molecule has 0 amide bonds. The monoisotopic (exact) mass is 282 g/mol. The van der Waals surface area contributed by atoms with Crippen molar-refractivity contribution in [2.24, 2.45) is 10.9 Å². The van der Waals surface area contributed by atoms with Crippen molar-refractivity contribution in [3.63, 3.8) is 0 Å². The molecule has 2 nitrogen and oxygen atoms in total. The van der Waals surface area contributed by atoms with Gasteiger partial charge in [0.1, 0.15) is 11.8 Å². The molecule has 0 radical (unpaired) electrons. The summed E-state index contributed by atoms with van der Waals surface area (Å²) in [5.74, 6) is 7.28. The molecule has 0 saturated heterocycles. The van der Waals surface area contributed by atoms with E-state index in [1.54, 1.807) is 0 Å². The van der Waals surface area contributed by atoms with E-state index in [1.165, 1.54) is 29.7 Å². The van der Waals surface area contributed by atoms with Gasteiger partial charge in [0, 0.05) is 29.3 Å². The Morgan fingerprint density at radius 1 is 1.30 bits per heavy atom. The summed E-state index contributed by atoms with van der Waals surface area (Å²) in [6.45, 7) is 1.68. The molecule has 2 heterocycles. The number of allylic oxidation sites excluding steroid dienone is 1. The number of rotatable bonds is 0. The Hall–Kier alpha value is -1.72. The standard InChI is InChI=1S/C17H15ClN2/c18-17-10-16-15-6-5-13(4-3-12-1-2-12)9-14(15)7-8-20(16)11-19-17/h5-6,9-10,12H,1-2,7-8,11H2. The van der Waals surface area contributed by atoms with E-state index in [1.807, 2.05) is 6.08 Å². The van der Waals surface area contributed by atoms with Gasteiger partial charge in [-0.3, -0.25) is 4.99 Å². The molecule has 1 aromatic rings. The quantitative estimate of drug-likeness (QED) is 0.667. The summed E-state index contributed by atoms with van der Waals surface area (Å²) in [4.78, 5) is 6.55. The van der Waals surface area contributed by atoms with Gasteiger partial charge in [0.25, 0.3) is 0 Å². The lowest BCUT2D eigenvalue weighted by Gasteiger charge is -2.34. The maximum atomic E-state index is 6.05. The van der Waals surface area contributed by atoms with Gasteiger partial charge < -0.3 is 4.90 Å². The summed E-state index contributed by atoms with van der Waals surface area (Å²) >= 11 is 6.05. The number of hydrogen-bond acceptors (Lipinski definition) is 2. The highest BCUT2D eigenvalue weighted by molar-refractivity contribution is 6.69. The molecule has 0 atom stereocenters. The Bertz CT molecular complexity index is 687. The number of benzene rings is 1. The minimum atomic E-state index is 0.599. The first-order chi connectivity index (χ1) is 9.79. The van der Waals surface area contributed by atoms with Crippen molar-refractivity contribution in [2.75, 3.05) is 13.2 Å². The van der Waals surface area contributed by atoms with Gasteiger partial charge in [-0.1, -0.05) is 29.5 Å². The fourth-order valence-electron chi connectivity index (χ4n) is 2.71. The van der Waals surface area contributed by atoms with Crippen molar-refractivity contribution in [2.45, 2.75) is 19.3 Å². The second kappa shape index (κ2) is 4.68. The van der Waals surface area contributed by atoms with E-state index in [9.17, 15) is 0 Å². The van der Waals surface area contributed by atoms with Crippen molar-refractivity contribution in [1.82, 2.24) is 4.90 Å². The van der Waals surface area contributed by atoms with Gasteiger partial charge in [-0.25, -0.2) is 0 Å². The zero-order valence-electron chi connectivity index (χ0n) is 11.2. The third kappa shape index (κ3) is 2.23. The van der Waals surface area contributed by atoms with Gasteiger partial charge in [0.05, 0.1) is 0 Å². The number of aliphatic imine (C=N–C) groups is 1. The average Bonchev–Trinajstić information content (AvgIpc) is 3.29. The topological polar surface area (TPSA) is 15.6 Å². The van der Waals surface area contributed by atoms with Crippen LogP contribution in [0.2, 0.25) is 0 Å². The van der Waals surface area contributed by atoms with Crippen LogP contribution in [0, 0.1) is 17.8 Å². The highest BCUT2D eigenvalue weighted by Crippen LogP contribution is 2.32. The zero-order chi connectivity index (χ0) is 13.5. The fraction of sp³-hybridized carbons (Fsp3) is 0.353. The van der Waals surface area contributed by atoms with Gasteiger partial charge in [-0.05, 0) is 43.0 Å². The van der Waals surface area contributed by atoms with E-state index in [0.717, 1.165) is 18.5 Å². The maximum Gasteiger partial charge on any atom is 0.127 e. The van der Waals surface area contributed by atoms with Crippen molar-refractivity contribution >= 4 is 22.5 Å². The number of fused-ring (bicyclic) bond motifs is 3. The van der Waals surface area contributed by atoms with Crippen LogP contribution in [-0.4, -0.2) is 23.3 Å². The van der Waals surface area contributed by atoms with Crippen LogP contribution in [0.25, 0.3) is 5.70 Å². The molecule has 1 fully saturated rings. The van der Waals surface area contributed by atoms with E-state index in [0.29, 0.717) is 17.8 Å².